The maximum absolute atomic E-state index is 5.69. The maximum Gasteiger partial charge on any atom is 0.0832 e. The van der Waals surface area contributed by atoms with E-state index in [4.69, 9.17) is 11.6 Å². The molecule has 0 amide bonds. The predicted octanol–water partition coefficient (Wildman–Crippen LogP) is 3.59. The molecule has 1 heterocycles. The molecule has 0 bridgehead atoms. The average Bonchev–Trinajstić information content (AvgIpc) is 2.93. The zero-order valence-electron chi connectivity index (χ0n) is 10.5. The van der Waals surface area contributed by atoms with E-state index in [1.165, 1.54) is 10.8 Å². The molecule has 1 aromatic heterocycles. The molecule has 4 heteroatoms. The van der Waals surface area contributed by atoms with E-state index in [1.807, 2.05) is 23.0 Å². The molecule has 0 aliphatic rings. The summed E-state index contributed by atoms with van der Waals surface area (Å²) in [6.45, 7) is 0. The number of aromatic nitrogens is 3. The highest BCUT2D eigenvalue weighted by Gasteiger charge is 2.03. The van der Waals surface area contributed by atoms with Crippen LogP contribution in [0.2, 0.25) is 0 Å². The Bertz CT molecular complexity index is 690. The predicted molar refractivity (Wildman–Crippen MR) is 77.9 cm³/mol. The summed E-state index contributed by atoms with van der Waals surface area (Å²) in [6.07, 6.45) is 3.77. The number of halogens is 1. The van der Waals surface area contributed by atoms with Crippen LogP contribution in [0.4, 0.5) is 0 Å². The van der Waals surface area contributed by atoms with Crippen LogP contribution in [0.3, 0.4) is 0 Å². The molecule has 0 aliphatic heterocycles. The summed E-state index contributed by atoms with van der Waals surface area (Å²) in [5.74, 6) is 0.656. The Morgan fingerprint density at radius 2 is 1.89 bits per heavy atom. The molecule has 3 nitrogen and oxygen atoms in total. The molecule has 0 spiro atoms. The van der Waals surface area contributed by atoms with Gasteiger partial charge in [0.25, 0.3) is 0 Å². The van der Waals surface area contributed by atoms with E-state index in [0.29, 0.717) is 5.88 Å². The van der Waals surface area contributed by atoms with Gasteiger partial charge in [-0.05, 0) is 35.7 Å². The minimum atomic E-state index is 0.656. The second-order valence-electron chi connectivity index (χ2n) is 4.48. The van der Waals surface area contributed by atoms with Crippen molar-refractivity contribution in [2.24, 2.45) is 0 Å². The third-order valence-corrected chi connectivity index (χ3v) is 3.37. The molecule has 0 saturated carbocycles. The van der Waals surface area contributed by atoms with Crippen LogP contribution in [0.5, 0.6) is 0 Å². The normalized spacial score (nSPS) is 11.0. The van der Waals surface area contributed by atoms with Crippen molar-refractivity contribution in [1.29, 1.82) is 0 Å². The van der Waals surface area contributed by atoms with Crippen LogP contribution in [0, 0.1) is 0 Å². The topological polar surface area (TPSA) is 30.7 Å². The molecule has 3 rings (SSSR count). The Kier molecular flexibility index (Phi) is 3.47. The Hall–Kier alpha value is -1.87. The Morgan fingerprint density at radius 3 is 2.74 bits per heavy atom. The lowest BCUT2D eigenvalue weighted by molar-refractivity contribution is 0.793. The highest BCUT2D eigenvalue weighted by molar-refractivity contribution is 6.17. The van der Waals surface area contributed by atoms with E-state index in [9.17, 15) is 0 Å². The van der Waals surface area contributed by atoms with E-state index >= 15 is 0 Å². The molecule has 0 N–H and O–H groups in total. The highest BCUT2D eigenvalue weighted by atomic mass is 35.5. The summed E-state index contributed by atoms with van der Waals surface area (Å²) in [5.41, 5.74) is 2.01. The number of nitrogens with zero attached hydrogens (tertiary/aromatic N) is 3. The fourth-order valence-electron chi connectivity index (χ4n) is 2.11. The quantitative estimate of drug-likeness (QED) is 0.679. The summed E-state index contributed by atoms with van der Waals surface area (Å²) in [7, 11) is 0. The van der Waals surface area contributed by atoms with Crippen LogP contribution in [0.25, 0.3) is 16.5 Å². The third-order valence-electron chi connectivity index (χ3n) is 3.10. The number of fused-ring (bicyclic) bond motifs is 1. The zero-order chi connectivity index (χ0) is 13.1. The van der Waals surface area contributed by atoms with Crippen molar-refractivity contribution in [1.82, 2.24) is 15.0 Å². The molecular weight excluding hydrogens is 258 g/mol. The summed E-state index contributed by atoms with van der Waals surface area (Å²) < 4.78 is 1.82. The van der Waals surface area contributed by atoms with E-state index in [2.05, 4.69) is 40.6 Å². The van der Waals surface area contributed by atoms with Crippen molar-refractivity contribution < 1.29 is 0 Å². The zero-order valence-corrected chi connectivity index (χ0v) is 11.2. The van der Waals surface area contributed by atoms with Gasteiger partial charge in [0.1, 0.15) is 0 Å². The lowest BCUT2D eigenvalue weighted by Gasteiger charge is -2.02. The van der Waals surface area contributed by atoms with Crippen molar-refractivity contribution in [3.8, 4) is 5.69 Å². The number of benzene rings is 2. The maximum atomic E-state index is 5.69. The number of hydrogen-bond acceptors (Lipinski definition) is 2. The summed E-state index contributed by atoms with van der Waals surface area (Å²) in [6, 6.07) is 14.6. The minimum absolute atomic E-state index is 0.656. The van der Waals surface area contributed by atoms with E-state index < -0.39 is 0 Å². The Morgan fingerprint density at radius 1 is 1.05 bits per heavy atom. The van der Waals surface area contributed by atoms with Crippen molar-refractivity contribution in [2.75, 3.05) is 5.88 Å². The fourth-order valence-corrected chi connectivity index (χ4v) is 2.24. The van der Waals surface area contributed by atoms with Crippen LogP contribution in [0.1, 0.15) is 12.1 Å². The van der Waals surface area contributed by atoms with Gasteiger partial charge in [-0.1, -0.05) is 35.5 Å². The molecule has 0 fully saturated rings. The largest absolute Gasteiger partial charge is 0.220 e. The van der Waals surface area contributed by atoms with Gasteiger partial charge < -0.3 is 0 Å². The van der Waals surface area contributed by atoms with Crippen molar-refractivity contribution in [3.63, 3.8) is 0 Å². The molecule has 19 heavy (non-hydrogen) atoms. The number of hydrogen-bond donors (Lipinski definition) is 0. The second-order valence-corrected chi connectivity index (χ2v) is 4.86. The van der Waals surface area contributed by atoms with Crippen LogP contribution < -0.4 is 0 Å². The highest BCUT2D eigenvalue weighted by Crippen LogP contribution is 2.18. The van der Waals surface area contributed by atoms with E-state index in [0.717, 1.165) is 24.2 Å². The summed E-state index contributed by atoms with van der Waals surface area (Å²) in [5, 5.41) is 10.8. The van der Waals surface area contributed by atoms with Crippen LogP contribution in [0.15, 0.2) is 48.7 Å². The first-order chi connectivity index (χ1) is 9.36. The number of alkyl halides is 1. The smallest absolute Gasteiger partial charge is 0.0832 e. The molecule has 0 unspecified atom stereocenters. The van der Waals surface area contributed by atoms with E-state index in [-0.39, 0.29) is 0 Å². The van der Waals surface area contributed by atoms with Gasteiger partial charge in [0.15, 0.2) is 0 Å². The van der Waals surface area contributed by atoms with Crippen molar-refractivity contribution in [3.05, 3.63) is 54.4 Å². The Labute approximate surface area is 116 Å². The van der Waals surface area contributed by atoms with Gasteiger partial charge in [0.05, 0.1) is 17.6 Å². The van der Waals surface area contributed by atoms with Crippen molar-refractivity contribution in [2.45, 2.75) is 12.8 Å². The van der Waals surface area contributed by atoms with E-state index in [1.54, 1.807) is 0 Å². The van der Waals surface area contributed by atoms with Gasteiger partial charge in [-0.25, -0.2) is 4.68 Å². The van der Waals surface area contributed by atoms with Gasteiger partial charge >= 0.3 is 0 Å². The van der Waals surface area contributed by atoms with Gasteiger partial charge in [0, 0.05) is 5.88 Å². The van der Waals surface area contributed by atoms with Gasteiger partial charge in [-0.2, -0.15) is 0 Å². The summed E-state index contributed by atoms with van der Waals surface area (Å²) in [4.78, 5) is 0. The second kappa shape index (κ2) is 5.41. The Balaban J connectivity index is 1.92. The van der Waals surface area contributed by atoms with Crippen LogP contribution in [-0.2, 0) is 6.42 Å². The molecule has 96 valence electrons. The molecule has 0 atom stereocenters. The molecule has 0 radical (unpaired) electrons. The lowest BCUT2D eigenvalue weighted by Crippen LogP contribution is -1.94. The standard InChI is InChI=1S/C15H14ClN3/c16-9-3-6-14-11-19(18-17-14)15-8-7-12-4-1-2-5-13(12)10-15/h1-2,4-5,7-8,10-11H,3,6,9H2. The molecule has 0 saturated heterocycles. The lowest BCUT2D eigenvalue weighted by atomic mass is 10.1. The number of rotatable bonds is 4. The van der Waals surface area contributed by atoms with Crippen LogP contribution in [-0.4, -0.2) is 20.9 Å². The molecule has 0 aliphatic carbocycles. The summed E-state index contributed by atoms with van der Waals surface area (Å²) >= 11 is 5.69. The van der Waals surface area contributed by atoms with Gasteiger partial charge in [-0.3, -0.25) is 0 Å². The fraction of sp³-hybridized carbons (Fsp3) is 0.200. The van der Waals surface area contributed by atoms with Gasteiger partial charge in [0.2, 0.25) is 0 Å². The number of aryl methyl sites for hydroxylation is 1. The van der Waals surface area contributed by atoms with Gasteiger partial charge in [-0.15, -0.1) is 16.7 Å². The van der Waals surface area contributed by atoms with Crippen LogP contribution >= 0.6 is 11.6 Å². The first-order valence-corrected chi connectivity index (χ1v) is 6.86. The van der Waals surface area contributed by atoms with Crippen molar-refractivity contribution >= 4 is 22.4 Å². The molecular formula is C15H14ClN3. The minimum Gasteiger partial charge on any atom is -0.220 e. The SMILES string of the molecule is ClCCCc1cn(-c2ccc3ccccc3c2)nn1. The monoisotopic (exact) mass is 271 g/mol. The molecule has 2 aromatic carbocycles. The first-order valence-electron chi connectivity index (χ1n) is 6.33. The third kappa shape index (κ3) is 2.61. The molecule has 3 aromatic rings. The first kappa shape index (κ1) is 12.2. The average molecular weight is 272 g/mol.